The molecular formula is C14H21N7O2. The smallest absolute Gasteiger partial charge is 0.332 e. The first-order valence-electron chi connectivity index (χ1n) is 7.88. The molecule has 0 amide bonds. The van der Waals surface area contributed by atoms with Crippen LogP contribution in [0.1, 0.15) is 31.7 Å². The molecule has 2 heterocycles. The van der Waals surface area contributed by atoms with Gasteiger partial charge in [0.2, 0.25) is 5.95 Å². The molecule has 1 saturated carbocycles. The van der Waals surface area contributed by atoms with Crippen LogP contribution in [0.2, 0.25) is 0 Å². The molecule has 0 aromatic carbocycles. The molecule has 0 bridgehead atoms. The van der Waals surface area contributed by atoms with Crippen LogP contribution in [0.5, 0.6) is 0 Å². The van der Waals surface area contributed by atoms with Crippen LogP contribution < -0.4 is 21.9 Å². The van der Waals surface area contributed by atoms with Gasteiger partial charge >= 0.3 is 5.69 Å². The number of nitrogens with one attached hydrogen (secondary N) is 2. The van der Waals surface area contributed by atoms with Crippen LogP contribution in [0.25, 0.3) is 11.2 Å². The van der Waals surface area contributed by atoms with Gasteiger partial charge in [-0.25, -0.2) is 9.78 Å². The number of fused-ring (bicyclic) bond motifs is 1. The molecule has 3 rings (SSSR count). The van der Waals surface area contributed by atoms with Crippen LogP contribution in [0.3, 0.4) is 0 Å². The Bertz CT molecular complexity index is 820. The van der Waals surface area contributed by atoms with Crippen molar-refractivity contribution in [3.05, 3.63) is 20.8 Å². The predicted molar refractivity (Wildman–Crippen MR) is 86.8 cm³/mol. The highest BCUT2D eigenvalue weighted by Gasteiger charge is 2.24. The number of likely N-dealkylation sites (N-methyl/N-ethyl adjacent to an activating group) is 1. The lowest BCUT2D eigenvalue weighted by molar-refractivity contribution is 0.486. The maximum absolute atomic E-state index is 12.5. The van der Waals surface area contributed by atoms with Gasteiger partial charge in [0.1, 0.15) is 0 Å². The Kier molecular flexibility index (Phi) is 4.37. The lowest BCUT2D eigenvalue weighted by atomic mass is 10.2. The molecule has 9 heteroatoms. The second kappa shape index (κ2) is 6.45. The van der Waals surface area contributed by atoms with Crippen LogP contribution in [0.4, 0.5) is 5.95 Å². The zero-order valence-corrected chi connectivity index (χ0v) is 13.4. The molecule has 2 aromatic heterocycles. The lowest BCUT2D eigenvalue weighted by Crippen LogP contribution is -2.40. The van der Waals surface area contributed by atoms with E-state index in [9.17, 15) is 9.59 Å². The lowest BCUT2D eigenvalue weighted by Gasteiger charge is -2.16. The van der Waals surface area contributed by atoms with Gasteiger partial charge in [0.15, 0.2) is 11.2 Å². The maximum atomic E-state index is 12.5. The average Bonchev–Trinajstić information content (AvgIpc) is 3.08. The molecule has 0 unspecified atom stereocenters. The first-order chi connectivity index (χ1) is 11.1. The summed E-state index contributed by atoms with van der Waals surface area (Å²) in [5, 5.41) is 14.1. The summed E-state index contributed by atoms with van der Waals surface area (Å²) in [5.41, 5.74) is -0.322. The van der Waals surface area contributed by atoms with Gasteiger partial charge < -0.3 is 10.6 Å². The van der Waals surface area contributed by atoms with Crippen molar-refractivity contribution in [2.75, 3.05) is 25.5 Å². The molecular weight excluding hydrogens is 298 g/mol. The highest BCUT2D eigenvalue weighted by atomic mass is 16.2. The average molecular weight is 319 g/mol. The molecule has 0 radical (unpaired) electrons. The largest absolute Gasteiger partial charge is 0.352 e. The standard InChI is InChI=1S/C14H21N7O2/c1-15-7-8-16-13-17-10-11(18-19-13)21(9-5-3-4-6-9)14(23)20(2)12(10)22/h9,15H,3-8H2,1-2H3,(H,16,17,19). The van der Waals surface area contributed by atoms with E-state index in [2.05, 4.69) is 25.8 Å². The van der Waals surface area contributed by atoms with E-state index < -0.39 is 5.56 Å². The van der Waals surface area contributed by atoms with Crippen molar-refractivity contribution in [3.8, 4) is 0 Å². The first-order valence-corrected chi connectivity index (χ1v) is 7.88. The van der Waals surface area contributed by atoms with Crippen molar-refractivity contribution >= 4 is 17.1 Å². The molecule has 0 aliphatic heterocycles. The number of anilines is 1. The van der Waals surface area contributed by atoms with Crippen LogP contribution in [0.15, 0.2) is 9.59 Å². The summed E-state index contributed by atoms with van der Waals surface area (Å²) in [5.74, 6) is 0.293. The summed E-state index contributed by atoms with van der Waals surface area (Å²) in [6.45, 7) is 1.35. The number of hydrogen-bond donors (Lipinski definition) is 2. The maximum Gasteiger partial charge on any atom is 0.332 e. The van der Waals surface area contributed by atoms with Crippen molar-refractivity contribution in [1.82, 2.24) is 29.6 Å². The van der Waals surface area contributed by atoms with E-state index in [0.717, 1.165) is 36.8 Å². The zero-order chi connectivity index (χ0) is 16.4. The van der Waals surface area contributed by atoms with Crippen LogP contribution in [-0.2, 0) is 7.05 Å². The van der Waals surface area contributed by atoms with E-state index in [1.54, 1.807) is 4.57 Å². The molecule has 0 saturated heterocycles. The van der Waals surface area contributed by atoms with Crippen molar-refractivity contribution in [1.29, 1.82) is 0 Å². The third-order valence-electron chi connectivity index (χ3n) is 4.25. The highest BCUT2D eigenvalue weighted by Crippen LogP contribution is 2.29. The summed E-state index contributed by atoms with van der Waals surface area (Å²) < 4.78 is 2.69. The van der Waals surface area contributed by atoms with E-state index in [1.807, 2.05) is 7.05 Å². The minimum atomic E-state index is -0.439. The van der Waals surface area contributed by atoms with E-state index in [4.69, 9.17) is 0 Å². The minimum Gasteiger partial charge on any atom is -0.352 e. The Balaban J connectivity index is 2.12. The summed E-state index contributed by atoms with van der Waals surface area (Å²) in [4.78, 5) is 29.1. The molecule has 124 valence electrons. The van der Waals surface area contributed by atoms with E-state index in [0.29, 0.717) is 12.5 Å². The Labute approximate surface area is 132 Å². The van der Waals surface area contributed by atoms with Gasteiger partial charge in [-0.05, 0) is 19.9 Å². The van der Waals surface area contributed by atoms with E-state index in [1.165, 1.54) is 7.05 Å². The topological polar surface area (TPSA) is 107 Å². The number of rotatable bonds is 5. The third kappa shape index (κ3) is 2.83. The molecule has 0 atom stereocenters. The van der Waals surface area contributed by atoms with E-state index in [-0.39, 0.29) is 22.9 Å². The van der Waals surface area contributed by atoms with Gasteiger partial charge in [-0.15, -0.1) is 10.2 Å². The fourth-order valence-corrected chi connectivity index (χ4v) is 2.99. The first kappa shape index (κ1) is 15.6. The minimum absolute atomic E-state index is 0.0657. The molecule has 1 fully saturated rings. The number of hydrogen-bond acceptors (Lipinski definition) is 7. The van der Waals surface area contributed by atoms with Crippen LogP contribution in [-0.4, -0.2) is 44.5 Å². The number of nitrogens with zero attached hydrogens (tertiary/aromatic N) is 5. The quantitative estimate of drug-likeness (QED) is 0.724. The Morgan fingerprint density at radius 1 is 1.17 bits per heavy atom. The Morgan fingerprint density at radius 2 is 1.91 bits per heavy atom. The normalized spacial score (nSPS) is 15.4. The Hall–Kier alpha value is -2.29. The van der Waals surface area contributed by atoms with Crippen LogP contribution in [0, 0.1) is 0 Å². The van der Waals surface area contributed by atoms with Crippen LogP contribution >= 0.6 is 0 Å². The van der Waals surface area contributed by atoms with Gasteiger partial charge in [0, 0.05) is 26.2 Å². The summed E-state index contributed by atoms with van der Waals surface area (Å²) in [6, 6.07) is 0.0657. The highest BCUT2D eigenvalue weighted by molar-refractivity contribution is 5.69. The third-order valence-corrected chi connectivity index (χ3v) is 4.25. The molecule has 0 spiro atoms. The number of aromatic nitrogens is 5. The predicted octanol–water partition coefficient (Wildman–Crippen LogP) is -0.368. The van der Waals surface area contributed by atoms with Crippen molar-refractivity contribution in [2.45, 2.75) is 31.7 Å². The van der Waals surface area contributed by atoms with Gasteiger partial charge in [-0.3, -0.25) is 13.9 Å². The fraction of sp³-hybridized carbons (Fsp3) is 0.643. The van der Waals surface area contributed by atoms with Crippen molar-refractivity contribution < 1.29 is 0 Å². The molecule has 2 aromatic rings. The summed E-state index contributed by atoms with van der Waals surface area (Å²) in [7, 11) is 3.32. The summed E-state index contributed by atoms with van der Waals surface area (Å²) >= 11 is 0. The summed E-state index contributed by atoms with van der Waals surface area (Å²) in [6.07, 6.45) is 3.98. The molecule has 23 heavy (non-hydrogen) atoms. The van der Waals surface area contributed by atoms with Gasteiger partial charge in [-0.2, -0.15) is 0 Å². The SMILES string of the molecule is CNCCNc1nnc2c(n1)c(=O)n(C)c(=O)n2C1CCCC1. The van der Waals surface area contributed by atoms with Gasteiger partial charge in [0.25, 0.3) is 5.56 Å². The zero-order valence-electron chi connectivity index (χ0n) is 13.4. The second-order valence-corrected chi connectivity index (χ2v) is 5.79. The van der Waals surface area contributed by atoms with Gasteiger partial charge in [0.05, 0.1) is 0 Å². The molecule has 9 nitrogen and oxygen atoms in total. The van der Waals surface area contributed by atoms with E-state index >= 15 is 0 Å². The monoisotopic (exact) mass is 319 g/mol. The van der Waals surface area contributed by atoms with Crippen molar-refractivity contribution in [3.63, 3.8) is 0 Å². The Morgan fingerprint density at radius 3 is 2.61 bits per heavy atom. The molecule has 1 aliphatic carbocycles. The molecule has 1 aliphatic rings. The molecule has 2 N–H and O–H groups in total. The van der Waals surface area contributed by atoms with Gasteiger partial charge in [-0.1, -0.05) is 12.8 Å². The second-order valence-electron chi connectivity index (χ2n) is 5.79. The fourth-order valence-electron chi connectivity index (χ4n) is 2.99. The van der Waals surface area contributed by atoms with Crippen molar-refractivity contribution in [2.24, 2.45) is 7.05 Å².